The number of aryl methyl sites for hydroxylation is 1. The summed E-state index contributed by atoms with van der Waals surface area (Å²) in [5, 5.41) is 12.0. The van der Waals surface area contributed by atoms with Gasteiger partial charge in [0.2, 0.25) is 17.7 Å². The Bertz CT molecular complexity index is 709. The first kappa shape index (κ1) is 17.6. The molecule has 0 atom stereocenters. The van der Waals surface area contributed by atoms with Crippen molar-refractivity contribution in [3.63, 3.8) is 0 Å². The zero-order valence-corrected chi connectivity index (χ0v) is 15.1. The first-order chi connectivity index (χ1) is 12.0. The Morgan fingerprint density at radius 2 is 2.08 bits per heavy atom. The number of amides is 1. The summed E-state index contributed by atoms with van der Waals surface area (Å²) in [5.74, 6) is 2.25. The third-order valence-electron chi connectivity index (χ3n) is 4.28. The summed E-state index contributed by atoms with van der Waals surface area (Å²) >= 11 is 0. The van der Waals surface area contributed by atoms with Gasteiger partial charge in [0.1, 0.15) is 5.76 Å². The topological polar surface area (TPSA) is 88.5 Å². The van der Waals surface area contributed by atoms with Crippen LogP contribution in [0.4, 0.5) is 0 Å². The number of hydrogen-bond acceptors (Lipinski definition) is 7. The van der Waals surface area contributed by atoms with Crippen molar-refractivity contribution in [2.24, 2.45) is 0 Å². The van der Waals surface area contributed by atoms with Crippen LogP contribution in [-0.2, 0) is 17.8 Å². The maximum absolute atomic E-state index is 12.5. The molecule has 136 valence electrons. The van der Waals surface area contributed by atoms with Crippen molar-refractivity contribution in [3.8, 4) is 0 Å². The fraction of sp³-hybridized carbons (Fsp3) is 0.647. The molecule has 0 bridgehead atoms. The average molecular weight is 347 g/mol. The number of carbonyl (C=O) groups is 1. The van der Waals surface area contributed by atoms with Gasteiger partial charge in [0.15, 0.2) is 0 Å². The molecule has 8 heteroatoms. The molecule has 3 rings (SSSR count). The summed E-state index contributed by atoms with van der Waals surface area (Å²) in [6.45, 7) is 9.68. The van der Waals surface area contributed by atoms with E-state index in [9.17, 15) is 4.79 Å². The second kappa shape index (κ2) is 7.77. The Kier molecular flexibility index (Phi) is 5.47. The minimum absolute atomic E-state index is 0.0814. The van der Waals surface area contributed by atoms with Crippen molar-refractivity contribution >= 4 is 5.91 Å². The lowest BCUT2D eigenvalue weighted by Crippen LogP contribution is -2.36. The fourth-order valence-corrected chi connectivity index (χ4v) is 2.89. The molecule has 25 heavy (non-hydrogen) atoms. The van der Waals surface area contributed by atoms with Crippen LogP contribution < -0.4 is 0 Å². The molecule has 0 saturated carbocycles. The van der Waals surface area contributed by atoms with Gasteiger partial charge in [-0.15, -0.1) is 10.2 Å². The highest BCUT2D eigenvalue weighted by Crippen LogP contribution is 2.14. The molecule has 1 amide bonds. The van der Waals surface area contributed by atoms with E-state index >= 15 is 0 Å². The van der Waals surface area contributed by atoms with Crippen LogP contribution in [0.2, 0.25) is 0 Å². The van der Waals surface area contributed by atoms with Gasteiger partial charge >= 0.3 is 0 Å². The predicted octanol–water partition coefficient (Wildman–Crippen LogP) is 1.77. The lowest BCUT2D eigenvalue weighted by Gasteiger charge is -2.20. The van der Waals surface area contributed by atoms with Gasteiger partial charge in [-0.1, -0.05) is 19.0 Å². The van der Waals surface area contributed by atoms with Crippen molar-refractivity contribution in [2.45, 2.75) is 46.1 Å². The molecule has 1 aliphatic rings. The molecular formula is C17H25N5O3. The van der Waals surface area contributed by atoms with Crippen LogP contribution in [0.3, 0.4) is 0 Å². The van der Waals surface area contributed by atoms with Crippen LogP contribution in [0, 0.1) is 6.92 Å². The summed E-state index contributed by atoms with van der Waals surface area (Å²) in [4.78, 5) is 16.6. The van der Waals surface area contributed by atoms with Gasteiger partial charge < -0.3 is 13.8 Å². The van der Waals surface area contributed by atoms with Crippen LogP contribution in [-0.4, -0.2) is 57.2 Å². The van der Waals surface area contributed by atoms with E-state index in [0.29, 0.717) is 30.6 Å². The molecule has 0 N–H and O–H groups in total. The number of carbonyl (C=O) groups excluding carboxylic acids is 1. The Morgan fingerprint density at radius 3 is 2.76 bits per heavy atom. The second-order valence-corrected chi connectivity index (χ2v) is 6.81. The van der Waals surface area contributed by atoms with E-state index in [1.165, 1.54) is 0 Å². The van der Waals surface area contributed by atoms with Gasteiger partial charge in [-0.3, -0.25) is 9.69 Å². The molecular weight excluding hydrogens is 322 g/mol. The molecule has 0 aromatic carbocycles. The summed E-state index contributed by atoms with van der Waals surface area (Å²) in [6.07, 6.45) is 1.19. The summed E-state index contributed by atoms with van der Waals surface area (Å²) in [7, 11) is 0. The second-order valence-electron chi connectivity index (χ2n) is 6.81. The van der Waals surface area contributed by atoms with E-state index in [2.05, 4.69) is 20.3 Å². The van der Waals surface area contributed by atoms with Gasteiger partial charge in [0.25, 0.3) is 0 Å². The van der Waals surface area contributed by atoms with Gasteiger partial charge in [0, 0.05) is 38.2 Å². The van der Waals surface area contributed by atoms with Crippen molar-refractivity contribution < 1.29 is 13.7 Å². The van der Waals surface area contributed by atoms with E-state index in [1.54, 1.807) is 0 Å². The Balaban J connectivity index is 1.51. The van der Waals surface area contributed by atoms with Crippen molar-refractivity contribution in [2.75, 3.05) is 26.2 Å². The lowest BCUT2D eigenvalue weighted by atomic mass is 10.2. The first-order valence-electron chi connectivity index (χ1n) is 8.76. The van der Waals surface area contributed by atoms with Gasteiger partial charge in [0.05, 0.1) is 18.7 Å². The molecule has 0 spiro atoms. The van der Waals surface area contributed by atoms with Crippen LogP contribution >= 0.6 is 0 Å². The quantitative estimate of drug-likeness (QED) is 0.814. The van der Waals surface area contributed by atoms with Crippen LogP contribution in [0.1, 0.15) is 49.4 Å². The largest absolute Gasteiger partial charge is 0.424 e. The SMILES string of the molecule is Cc1cc(CC(=O)N2CCCN(Cc3nnc(C(C)C)o3)CC2)on1. The Morgan fingerprint density at radius 1 is 1.24 bits per heavy atom. The van der Waals surface area contributed by atoms with Crippen molar-refractivity contribution in [1.82, 2.24) is 25.2 Å². The number of aromatic nitrogens is 3. The maximum atomic E-state index is 12.5. The molecule has 0 unspecified atom stereocenters. The normalized spacial score (nSPS) is 16.4. The smallest absolute Gasteiger partial charge is 0.230 e. The van der Waals surface area contributed by atoms with Crippen molar-refractivity contribution in [1.29, 1.82) is 0 Å². The van der Waals surface area contributed by atoms with E-state index < -0.39 is 0 Å². The average Bonchev–Trinajstić information content (AvgIpc) is 3.12. The molecule has 1 saturated heterocycles. The standard InChI is InChI=1S/C17H25N5O3/c1-12(2)17-19-18-15(24-17)11-21-5-4-6-22(8-7-21)16(23)10-14-9-13(3)20-25-14/h9,12H,4-8,10-11H2,1-3H3. The van der Waals surface area contributed by atoms with Gasteiger partial charge in [-0.25, -0.2) is 0 Å². The highest BCUT2D eigenvalue weighted by Gasteiger charge is 2.22. The zero-order valence-electron chi connectivity index (χ0n) is 15.1. The molecule has 0 aliphatic carbocycles. The molecule has 2 aromatic rings. The van der Waals surface area contributed by atoms with E-state index in [4.69, 9.17) is 8.94 Å². The van der Waals surface area contributed by atoms with Gasteiger partial charge in [-0.05, 0) is 13.3 Å². The zero-order chi connectivity index (χ0) is 17.8. The highest BCUT2D eigenvalue weighted by atomic mass is 16.5. The monoisotopic (exact) mass is 347 g/mol. The maximum Gasteiger partial charge on any atom is 0.230 e. The van der Waals surface area contributed by atoms with Gasteiger partial charge in [-0.2, -0.15) is 0 Å². The minimum Gasteiger partial charge on any atom is -0.424 e. The third-order valence-corrected chi connectivity index (χ3v) is 4.28. The lowest BCUT2D eigenvalue weighted by molar-refractivity contribution is -0.130. The molecule has 1 aliphatic heterocycles. The Labute approximate surface area is 147 Å². The number of hydrogen-bond donors (Lipinski definition) is 0. The van der Waals surface area contributed by atoms with E-state index in [-0.39, 0.29) is 18.2 Å². The summed E-state index contributed by atoms with van der Waals surface area (Å²) in [5.41, 5.74) is 0.796. The van der Waals surface area contributed by atoms with Crippen LogP contribution in [0.15, 0.2) is 15.0 Å². The van der Waals surface area contributed by atoms with Crippen molar-refractivity contribution in [3.05, 3.63) is 29.3 Å². The highest BCUT2D eigenvalue weighted by molar-refractivity contribution is 5.78. The van der Waals surface area contributed by atoms with Crippen LogP contribution in [0.25, 0.3) is 0 Å². The Hall–Kier alpha value is -2.22. The first-order valence-corrected chi connectivity index (χ1v) is 8.76. The predicted molar refractivity (Wildman–Crippen MR) is 89.8 cm³/mol. The van der Waals surface area contributed by atoms with Crippen LogP contribution in [0.5, 0.6) is 0 Å². The molecule has 0 radical (unpaired) electrons. The third kappa shape index (κ3) is 4.66. The van der Waals surface area contributed by atoms with E-state index in [1.807, 2.05) is 31.7 Å². The molecule has 1 fully saturated rings. The number of rotatable bonds is 5. The number of nitrogens with zero attached hydrogens (tertiary/aromatic N) is 5. The minimum atomic E-state index is 0.0814. The molecule has 3 heterocycles. The molecule has 8 nitrogen and oxygen atoms in total. The molecule has 2 aromatic heterocycles. The summed E-state index contributed by atoms with van der Waals surface area (Å²) in [6, 6.07) is 1.81. The fourth-order valence-electron chi connectivity index (χ4n) is 2.89. The summed E-state index contributed by atoms with van der Waals surface area (Å²) < 4.78 is 10.8. The van der Waals surface area contributed by atoms with E-state index in [0.717, 1.165) is 31.7 Å².